The third kappa shape index (κ3) is 3.27. The number of aromatic nitrogens is 2. The lowest BCUT2D eigenvalue weighted by Crippen LogP contribution is -2.32. The van der Waals surface area contributed by atoms with E-state index < -0.39 is 6.09 Å². The van der Waals surface area contributed by atoms with Gasteiger partial charge in [0, 0.05) is 26.2 Å². The highest BCUT2D eigenvalue weighted by Crippen LogP contribution is 2.32. The molecule has 2 aliphatic rings. The summed E-state index contributed by atoms with van der Waals surface area (Å²) in [6.45, 7) is 3.18. The Morgan fingerprint density at radius 3 is 2.66 bits per heavy atom. The summed E-state index contributed by atoms with van der Waals surface area (Å²) in [4.78, 5) is 39.5. The Hall–Kier alpha value is -3.20. The smallest absolute Gasteiger partial charge is 0.415 e. The molecule has 0 aromatic carbocycles. The molecule has 4 heterocycles. The summed E-state index contributed by atoms with van der Waals surface area (Å²) in [7, 11) is 5.65. The van der Waals surface area contributed by atoms with Crippen LogP contribution in [0.25, 0.3) is 0 Å². The van der Waals surface area contributed by atoms with Crippen LogP contribution in [-0.4, -0.2) is 55.8 Å². The molecule has 0 spiro atoms. The number of fused-ring (bicyclic) bond motifs is 1. The number of pyridine rings is 2. The number of cyclic esters (lactones) is 1. The van der Waals surface area contributed by atoms with Crippen molar-refractivity contribution in [3.05, 3.63) is 41.1 Å². The van der Waals surface area contributed by atoms with Crippen molar-refractivity contribution in [1.29, 1.82) is 0 Å². The molecule has 0 radical (unpaired) electrons. The van der Waals surface area contributed by atoms with Gasteiger partial charge in [-0.25, -0.2) is 14.8 Å². The maximum Gasteiger partial charge on any atom is 0.415 e. The number of ether oxygens (including phenoxy) is 1. The number of rotatable bonds is 5. The standard InChI is InChI=1S/C20H24N6O3/c1-12-11-29-20(28)26(12)17-7-5-6-16(23-17)25-10-14-13(19(25)27)8-18(24(3)4)22-15(14)9-21-2/h5-8,12,21H,9-11H2,1-4H3/t12-/m0/s1. The summed E-state index contributed by atoms with van der Waals surface area (Å²) in [5, 5.41) is 3.12. The highest BCUT2D eigenvalue weighted by atomic mass is 16.6. The number of carbonyl (C=O) groups is 2. The highest BCUT2D eigenvalue weighted by Gasteiger charge is 2.35. The fourth-order valence-corrected chi connectivity index (χ4v) is 3.61. The van der Waals surface area contributed by atoms with Gasteiger partial charge in [0.05, 0.1) is 23.8 Å². The van der Waals surface area contributed by atoms with E-state index in [4.69, 9.17) is 9.72 Å². The number of nitrogens with zero attached hydrogens (tertiary/aromatic N) is 5. The third-order valence-electron chi connectivity index (χ3n) is 5.12. The van der Waals surface area contributed by atoms with E-state index >= 15 is 0 Å². The zero-order valence-electron chi connectivity index (χ0n) is 17.0. The van der Waals surface area contributed by atoms with Crippen molar-refractivity contribution in [2.45, 2.75) is 26.1 Å². The molecule has 2 aliphatic heterocycles. The van der Waals surface area contributed by atoms with E-state index in [-0.39, 0.29) is 11.9 Å². The van der Waals surface area contributed by atoms with Crippen LogP contribution in [0.5, 0.6) is 0 Å². The van der Waals surface area contributed by atoms with Gasteiger partial charge in [-0.05, 0) is 32.2 Å². The fourth-order valence-electron chi connectivity index (χ4n) is 3.61. The van der Waals surface area contributed by atoms with Gasteiger partial charge in [-0.2, -0.15) is 0 Å². The minimum absolute atomic E-state index is 0.106. The molecule has 0 bridgehead atoms. The molecule has 0 aliphatic carbocycles. The Kier molecular flexibility index (Phi) is 4.83. The minimum Gasteiger partial charge on any atom is -0.447 e. The van der Waals surface area contributed by atoms with E-state index in [2.05, 4.69) is 10.3 Å². The van der Waals surface area contributed by atoms with Crippen LogP contribution >= 0.6 is 0 Å². The Balaban J connectivity index is 1.70. The average molecular weight is 396 g/mol. The van der Waals surface area contributed by atoms with Crippen LogP contribution < -0.4 is 20.0 Å². The maximum atomic E-state index is 13.2. The molecule has 1 atom stereocenters. The van der Waals surface area contributed by atoms with Crippen LogP contribution in [0.4, 0.5) is 22.2 Å². The first-order chi connectivity index (χ1) is 13.9. The van der Waals surface area contributed by atoms with Gasteiger partial charge in [-0.3, -0.25) is 14.6 Å². The van der Waals surface area contributed by atoms with Gasteiger partial charge in [0.2, 0.25) is 0 Å². The molecular weight excluding hydrogens is 372 g/mol. The lowest BCUT2D eigenvalue weighted by atomic mass is 10.1. The van der Waals surface area contributed by atoms with Crippen molar-refractivity contribution in [2.24, 2.45) is 0 Å². The molecule has 1 fully saturated rings. The first-order valence-corrected chi connectivity index (χ1v) is 9.50. The van der Waals surface area contributed by atoms with Crippen LogP contribution in [0.2, 0.25) is 0 Å². The van der Waals surface area contributed by atoms with Crippen molar-refractivity contribution in [3.63, 3.8) is 0 Å². The third-order valence-corrected chi connectivity index (χ3v) is 5.12. The van der Waals surface area contributed by atoms with E-state index in [1.54, 1.807) is 23.1 Å². The Morgan fingerprint density at radius 1 is 1.24 bits per heavy atom. The molecule has 9 nitrogen and oxygen atoms in total. The van der Waals surface area contributed by atoms with Crippen molar-refractivity contribution in [2.75, 3.05) is 42.4 Å². The normalized spacial score (nSPS) is 18.3. The molecule has 4 rings (SSSR count). The summed E-state index contributed by atoms with van der Waals surface area (Å²) in [6, 6.07) is 7.03. The van der Waals surface area contributed by atoms with E-state index in [0.29, 0.717) is 36.9 Å². The van der Waals surface area contributed by atoms with Gasteiger partial charge in [0.15, 0.2) is 0 Å². The van der Waals surface area contributed by atoms with Gasteiger partial charge in [0.25, 0.3) is 5.91 Å². The molecule has 0 unspecified atom stereocenters. The number of nitrogens with one attached hydrogen (secondary N) is 1. The quantitative estimate of drug-likeness (QED) is 0.824. The number of amides is 2. The second kappa shape index (κ2) is 7.32. The molecule has 2 amide bonds. The second-order valence-corrected chi connectivity index (χ2v) is 7.42. The Labute approximate surface area is 169 Å². The molecular formula is C20H24N6O3. The molecule has 2 aromatic heterocycles. The first kappa shape index (κ1) is 19.1. The molecule has 1 saturated heterocycles. The van der Waals surface area contributed by atoms with E-state index in [1.807, 2.05) is 39.0 Å². The monoisotopic (exact) mass is 396 g/mol. The highest BCUT2D eigenvalue weighted by molar-refractivity contribution is 6.10. The molecule has 2 aromatic rings. The van der Waals surface area contributed by atoms with E-state index in [9.17, 15) is 9.59 Å². The van der Waals surface area contributed by atoms with Crippen molar-refractivity contribution < 1.29 is 14.3 Å². The molecule has 29 heavy (non-hydrogen) atoms. The SMILES string of the molecule is CNCc1nc(N(C)C)cc2c1CN(c1cccc(N3C(=O)OC[C@@H]3C)n1)C2=O. The number of hydrogen-bond acceptors (Lipinski definition) is 7. The van der Waals surface area contributed by atoms with Crippen LogP contribution in [0.1, 0.15) is 28.5 Å². The predicted molar refractivity (Wildman–Crippen MR) is 109 cm³/mol. The lowest BCUT2D eigenvalue weighted by molar-refractivity contribution is 0.0996. The van der Waals surface area contributed by atoms with Gasteiger partial charge in [-0.15, -0.1) is 0 Å². The van der Waals surface area contributed by atoms with Crippen LogP contribution in [0, 0.1) is 0 Å². The molecule has 152 valence electrons. The van der Waals surface area contributed by atoms with Gasteiger partial charge in [0.1, 0.15) is 24.1 Å². The summed E-state index contributed by atoms with van der Waals surface area (Å²) >= 11 is 0. The van der Waals surface area contributed by atoms with Crippen LogP contribution in [0.3, 0.4) is 0 Å². The molecule has 9 heteroatoms. The van der Waals surface area contributed by atoms with Gasteiger partial charge in [-0.1, -0.05) is 6.07 Å². The lowest BCUT2D eigenvalue weighted by Gasteiger charge is -2.20. The Morgan fingerprint density at radius 2 is 2.00 bits per heavy atom. The zero-order valence-corrected chi connectivity index (χ0v) is 17.0. The molecule has 0 saturated carbocycles. The summed E-state index contributed by atoms with van der Waals surface area (Å²) in [6.07, 6.45) is -0.422. The predicted octanol–water partition coefficient (Wildman–Crippen LogP) is 1.77. The number of hydrogen-bond donors (Lipinski definition) is 1. The maximum absolute atomic E-state index is 13.2. The number of anilines is 3. The minimum atomic E-state index is -0.422. The van der Waals surface area contributed by atoms with Gasteiger partial charge >= 0.3 is 6.09 Å². The average Bonchev–Trinajstić information content (AvgIpc) is 3.21. The van der Waals surface area contributed by atoms with Crippen molar-refractivity contribution in [3.8, 4) is 0 Å². The zero-order chi connectivity index (χ0) is 20.7. The van der Waals surface area contributed by atoms with Crippen LogP contribution in [0.15, 0.2) is 24.3 Å². The second-order valence-electron chi connectivity index (χ2n) is 7.42. The molecule has 1 N–H and O–H groups in total. The fraction of sp³-hybridized carbons (Fsp3) is 0.400. The summed E-state index contributed by atoms with van der Waals surface area (Å²) < 4.78 is 5.09. The van der Waals surface area contributed by atoms with Crippen LogP contribution in [-0.2, 0) is 17.8 Å². The Bertz CT molecular complexity index is 977. The summed E-state index contributed by atoms with van der Waals surface area (Å²) in [5.41, 5.74) is 2.38. The van der Waals surface area contributed by atoms with E-state index in [1.165, 1.54) is 4.90 Å². The van der Waals surface area contributed by atoms with Gasteiger partial charge < -0.3 is 15.0 Å². The number of carbonyl (C=O) groups excluding carboxylic acids is 2. The largest absolute Gasteiger partial charge is 0.447 e. The first-order valence-electron chi connectivity index (χ1n) is 9.50. The topological polar surface area (TPSA) is 90.9 Å². The van der Waals surface area contributed by atoms with Crippen molar-refractivity contribution >= 4 is 29.5 Å². The van der Waals surface area contributed by atoms with Crippen molar-refractivity contribution in [1.82, 2.24) is 15.3 Å². The summed E-state index contributed by atoms with van der Waals surface area (Å²) in [5.74, 6) is 1.59. The van der Waals surface area contributed by atoms with E-state index in [0.717, 1.165) is 17.1 Å².